The number of hydrogen-bond acceptors (Lipinski definition) is 6. The van der Waals surface area contributed by atoms with Crippen molar-refractivity contribution in [1.82, 2.24) is 30.8 Å². The number of fused-ring (bicyclic) bond motifs is 1. The summed E-state index contributed by atoms with van der Waals surface area (Å²) in [6, 6.07) is 3.42. The molecule has 0 spiro atoms. The largest absolute Gasteiger partial charge is 0.383 e. The summed E-state index contributed by atoms with van der Waals surface area (Å²) in [7, 11) is 0. The molecule has 0 bridgehead atoms. The number of rotatable bonds is 4. The highest BCUT2D eigenvalue weighted by molar-refractivity contribution is 5.75. The molecule has 3 heterocycles. The van der Waals surface area contributed by atoms with E-state index < -0.39 is 5.82 Å². The Bertz CT molecular complexity index is 874. The molecule has 0 unspecified atom stereocenters. The molecule has 0 radical (unpaired) electrons. The normalized spacial score (nSPS) is 16.9. The van der Waals surface area contributed by atoms with Crippen molar-refractivity contribution in [2.45, 2.75) is 20.4 Å². The van der Waals surface area contributed by atoms with E-state index in [-0.39, 0.29) is 24.4 Å². The maximum Gasteiger partial charge on any atom is 0.155 e. The fourth-order valence-corrected chi connectivity index (χ4v) is 3.28. The maximum absolute atomic E-state index is 14.7. The molecule has 1 aromatic heterocycles. The van der Waals surface area contributed by atoms with Gasteiger partial charge in [0.25, 0.3) is 0 Å². The molecule has 0 aliphatic carbocycles. The Morgan fingerprint density at radius 3 is 2.64 bits per heavy atom. The monoisotopic (exact) mass is 388 g/mol. The minimum Gasteiger partial charge on any atom is -0.383 e. The van der Waals surface area contributed by atoms with Crippen LogP contribution in [0, 0.1) is 5.82 Å². The molecule has 1 fully saturated rings. The lowest BCUT2D eigenvalue weighted by Crippen LogP contribution is -2.45. The van der Waals surface area contributed by atoms with E-state index in [4.69, 9.17) is 0 Å². The predicted octanol–water partition coefficient (Wildman–Crippen LogP) is 2.42. The van der Waals surface area contributed by atoms with Gasteiger partial charge in [-0.2, -0.15) is 0 Å². The van der Waals surface area contributed by atoms with Gasteiger partial charge >= 0.3 is 0 Å². The minimum atomic E-state index is -0.402. The highest BCUT2D eigenvalue weighted by atomic mass is 19.1. The Morgan fingerprint density at radius 1 is 1.11 bits per heavy atom. The molecule has 3 N–H and O–H groups in total. The molecular weight excluding hydrogens is 362 g/mol. The Hall–Kier alpha value is -2.74. The third-order valence-corrected chi connectivity index (χ3v) is 4.58. The van der Waals surface area contributed by atoms with Gasteiger partial charge in [0.1, 0.15) is 11.3 Å². The van der Waals surface area contributed by atoms with E-state index in [1.807, 2.05) is 18.7 Å². The molecule has 2 aliphatic rings. The molecule has 28 heavy (non-hydrogen) atoms. The minimum absolute atomic E-state index is 0.171. The van der Waals surface area contributed by atoms with E-state index >= 15 is 0 Å². The first kappa shape index (κ1) is 20.0. The molecule has 150 valence electrons. The van der Waals surface area contributed by atoms with E-state index in [0.717, 1.165) is 26.2 Å². The summed E-state index contributed by atoms with van der Waals surface area (Å²) in [5, 5.41) is 9.35. The average molecular weight is 388 g/mol. The lowest BCUT2D eigenvalue weighted by Gasteiger charge is -2.34. The summed E-state index contributed by atoms with van der Waals surface area (Å²) in [5.41, 5.74) is 2.41. The van der Waals surface area contributed by atoms with Gasteiger partial charge < -0.3 is 20.9 Å². The molecule has 0 saturated carbocycles. The number of aromatic nitrogens is 2. The van der Waals surface area contributed by atoms with Crippen LogP contribution in [-0.2, 0) is 6.54 Å². The molecule has 2 aromatic rings. The topological polar surface area (TPSA) is 65.1 Å². The quantitative estimate of drug-likeness (QED) is 0.748. The maximum atomic E-state index is 14.7. The Labute approximate surface area is 163 Å². The summed E-state index contributed by atoms with van der Waals surface area (Å²) in [6.07, 6.45) is 4.75. The lowest BCUT2D eigenvalue weighted by atomic mass is 10.1. The summed E-state index contributed by atoms with van der Waals surface area (Å²) in [4.78, 5) is 10.2. The van der Waals surface area contributed by atoms with Gasteiger partial charge in [0.05, 0.1) is 23.5 Å². The number of nitrogens with zero attached hydrogens (tertiary/aromatic N) is 3. The van der Waals surface area contributed by atoms with E-state index in [9.17, 15) is 8.78 Å². The molecule has 1 saturated heterocycles. The Kier molecular flexibility index (Phi) is 6.76. The van der Waals surface area contributed by atoms with Crippen LogP contribution in [0.2, 0.25) is 0 Å². The summed E-state index contributed by atoms with van der Waals surface area (Å²) in [6.45, 7) is 7.51. The number of nitrogens with one attached hydrogen (secondary N) is 3. The van der Waals surface area contributed by atoms with Gasteiger partial charge in [-0.25, -0.2) is 13.8 Å². The van der Waals surface area contributed by atoms with Crippen molar-refractivity contribution < 1.29 is 8.78 Å². The predicted molar refractivity (Wildman–Crippen MR) is 106 cm³/mol. The van der Waals surface area contributed by atoms with Crippen LogP contribution in [0.15, 0.2) is 47.9 Å². The molecule has 6 nitrogen and oxygen atoms in total. The Balaban J connectivity index is 0.00000109. The molecular formula is C20H26F2N6. The molecule has 0 amide bonds. The Morgan fingerprint density at radius 2 is 1.86 bits per heavy atom. The van der Waals surface area contributed by atoms with Crippen LogP contribution in [-0.4, -0.2) is 47.6 Å². The first-order valence-corrected chi connectivity index (χ1v) is 9.64. The van der Waals surface area contributed by atoms with E-state index in [2.05, 4.69) is 25.9 Å². The van der Waals surface area contributed by atoms with Gasteiger partial charge in [-0.1, -0.05) is 19.9 Å². The summed E-state index contributed by atoms with van der Waals surface area (Å²) < 4.78 is 29.1. The molecule has 1 aromatic carbocycles. The first-order chi connectivity index (χ1) is 13.7. The number of hydrogen-bond donors (Lipinski definition) is 3. The highest BCUT2D eigenvalue weighted by Crippen LogP contribution is 2.23. The van der Waals surface area contributed by atoms with E-state index in [1.165, 1.54) is 12.4 Å². The van der Waals surface area contributed by atoms with Crippen molar-refractivity contribution in [3.8, 4) is 0 Å². The second-order valence-electron chi connectivity index (χ2n) is 6.25. The number of dihydropyridines is 1. The smallest absolute Gasteiger partial charge is 0.155 e. The van der Waals surface area contributed by atoms with Crippen LogP contribution >= 0.6 is 0 Å². The highest BCUT2D eigenvalue weighted by Gasteiger charge is 2.24. The first-order valence-electron chi connectivity index (χ1n) is 9.64. The van der Waals surface area contributed by atoms with Gasteiger partial charge in [0.2, 0.25) is 0 Å². The number of benzene rings is 1. The van der Waals surface area contributed by atoms with Gasteiger partial charge in [-0.15, -0.1) is 0 Å². The van der Waals surface area contributed by atoms with Gasteiger partial charge in [0.15, 0.2) is 5.82 Å². The van der Waals surface area contributed by atoms with Crippen LogP contribution in [0.4, 0.5) is 8.78 Å². The average Bonchev–Trinajstić information content (AvgIpc) is 2.75. The fraction of sp³-hybridized carbons (Fsp3) is 0.400. The SMILES string of the molecule is CC.FC1=C(N2CCNCC2)C(NCc2ccc3nccnc3c2F)=CNC1. The van der Waals surface area contributed by atoms with Crippen LogP contribution in [0.1, 0.15) is 19.4 Å². The second-order valence-corrected chi connectivity index (χ2v) is 6.25. The molecule has 8 heteroatoms. The van der Waals surface area contributed by atoms with Crippen molar-refractivity contribution in [2.75, 3.05) is 32.7 Å². The number of halogens is 2. The standard InChI is InChI=1S/C18H20F2N6.C2H6/c19-13-10-22-11-15(18(13)26-7-5-21-6-8-26)25-9-12-1-2-14-17(16(12)20)24-4-3-23-14;1-2/h1-4,11,21-22,25H,5-10H2;1-2H3. The van der Waals surface area contributed by atoms with Crippen molar-refractivity contribution in [1.29, 1.82) is 0 Å². The summed E-state index contributed by atoms with van der Waals surface area (Å²) in [5.74, 6) is -0.609. The third-order valence-electron chi connectivity index (χ3n) is 4.58. The molecule has 2 aliphatic heterocycles. The number of piperazine rings is 1. The van der Waals surface area contributed by atoms with E-state index in [0.29, 0.717) is 22.5 Å². The van der Waals surface area contributed by atoms with Crippen molar-refractivity contribution in [3.63, 3.8) is 0 Å². The van der Waals surface area contributed by atoms with Crippen molar-refractivity contribution >= 4 is 11.0 Å². The van der Waals surface area contributed by atoms with E-state index in [1.54, 1.807) is 18.3 Å². The van der Waals surface area contributed by atoms with Gasteiger partial charge in [0, 0.05) is 56.9 Å². The second kappa shape index (κ2) is 9.45. The zero-order valence-electron chi connectivity index (χ0n) is 16.2. The van der Waals surface area contributed by atoms with Gasteiger partial charge in [-0.3, -0.25) is 4.98 Å². The lowest BCUT2D eigenvalue weighted by molar-refractivity contribution is 0.287. The van der Waals surface area contributed by atoms with Gasteiger partial charge in [-0.05, 0) is 6.07 Å². The molecule has 0 atom stereocenters. The van der Waals surface area contributed by atoms with Crippen LogP contribution in [0.25, 0.3) is 11.0 Å². The van der Waals surface area contributed by atoms with Crippen molar-refractivity contribution in [2.24, 2.45) is 0 Å². The molecule has 4 rings (SSSR count). The van der Waals surface area contributed by atoms with Crippen molar-refractivity contribution in [3.05, 3.63) is 59.3 Å². The zero-order chi connectivity index (χ0) is 19.9. The fourth-order valence-electron chi connectivity index (χ4n) is 3.28. The zero-order valence-corrected chi connectivity index (χ0v) is 16.2. The van der Waals surface area contributed by atoms with Crippen LogP contribution in [0.3, 0.4) is 0 Å². The third kappa shape index (κ3) is 4.22. The summed E-state index contributed by atoms with van der Waals surface area (Å²) >= 11 is 0. The van der Waals surface area contributed by atoms with Crippen LogP contribution < -0.4 is 16.0 Å². The van der Waals surface area contributed by atoms with Crippen LogP contribution in [0.5, 0.6) is 0 Å².